The van der Waals surface area contributed by atoms with Crippen LogP contribution in [0.5, 0.6) is 0 Å². The quantitative estimate of drug-likeness (QED) is 0.530. The third-order valence-electron chi connectivity index (χ3n) is 5.62. The van der Waals surface area contributed by atoms with Crippen LogP contribution in [0, 0.1) is 0 Å². The van der Waals surface area contributed by atoms with E-state index < -0.39 is 41.5 Å². The second kappa shape index (κ2) is 8.20. The van der Waals surface area contributed by atoms with E-state index in [1.54, 1.807) is 53.7 Å². The van der Waals surface area contributed by atoms with Gasteiger partial charge in [-0.05, 0) is 80.8 Å². The summed E-state index contributed by atoms with van der Waals surface area (Å²) in [5.41, 5.74) is 4.43. The number of nitrogens with zero attached hydrogens (tertiary/aromatic N) is 2. The minimum atomic E-state index is -0.846. The van der Waals surface area contributed by atoms with Crippen LogP contribution < -0.4 is 11.2 Å². The Hall–Kier alpha value is -2.72. The van der Waals surface area contributed by atoms with Gasteiger partial charge in [-0.15, -0.1) is 0 Å². The van der Waals surface area contributed by atoms with E-state index >= 15 is 0 Å². The molecule has 9 nitrogen and oxygen atoms in total. The summed E-state index contributed by atoms with van der Waals surface area (Å²) in [6.45, 7) is 18.2. The Balaban J connectivity index is 2.21. The summed E-state index contributed by atoms with van der Waals surface area (Å²) in [4.78, 5) is 34.4. The maximum Gasteiger partial charge on any atom is 0.495 e. The monoisotopic (exact) mass is 471 g/mol. The number of hydrogen-bond donors (Lipinski definition) is 1. The molecule has 0 spiro atoms. The molecule has 1 fully saturated rings. The van der Waals surface area contributed by atoms with Crippen LogP contribution in [0.4, 0.5) is 5.82 Å². The second-order valence-corrected chi connectivity index (χ2v) is 11.4. The molecule has 0 atom stereocenters. The summed E-state index contributed by atoms with van der Waals surface area (Å²) in [7, 11) is -0.846. The van der Waals surface area contributed by atoms with Gasteiger partial charge in [0.05, 0.1) is 27.7 Å². The van der Waals surface area contributed by atoms with E-state index in [4.69, 9.17) is 24.5 Å². The highest BCUT2D eigenvalue weighted by Gasteiger charge is 2.53. The lowest BCUT2D eigenvalue weighted by atomic mass is 9.74. The van der Waals surface area contributed by atoms with Crippen molar-refractivity contribution in [3.63, 3.8) is 0 Å². The predicted octanol–water partition coefficient (Wildman–Crippen LogP) is 3.42. The zero-order valence-electron chi connectivity index (χ0n) is 21.7. The molecule has 34 heavy (non-hydrogen) atoms. The fourth-order valence-electron chi connectivity index (χ4n) is 3.40. The predicted molar refractivity (Wildman–Crippen MR) is 130 cm³/mol. The number of fused-ring (bicyclic) bond motifs is 1. The number of nitrogen functional groups attached to an aromatic ring is 1. The molecule has 1 aliphatic rings. The summed E-state index contributed by atoms with van der Waals surface area (Å²) in [5, 5.41) is 0.258. The molecular formula is C24H34BN3O6. The van der Waals surface area contributed by atoms with Crippen LogP contribution in [0.25, 0.3) is 10.9 Å². The molecule has 3 rings (SSSR count). The van der Waals surface area contributed by atoms with Crippen LogP contribution in [0.3, 0.4) is 0 Å². The number of rotatable bonds is 3. The van der Waals surface area contributed by atoms with Gasteiger partial charge >= 0.3 is 19.1 Å². The molecule has 2 N–H and O–H groups in total. The van der Waals surface area contributed by atoms with E-state index in [1.807, 2.05) is 27.7 Å². The largest absolute Gasteiger partial charge is 0.495 e. The number of hydrogen-bond acceptors (Lipinski definition) is 9. The van der Waals surface area contributed by atoms with Crippen molar-refractivity contribution in [3.8, 4) is 0 Å². The molecule has 184 valence electrons. The average Bonchev–Trinajstić information content (AvgIpc) is 2.85. The van der Waals surface area contributed by atoms with Gasteiger partial charge in [-0.25, -0.2) is 19.6 Å². The number of benzene rings is 1. The van der Waals surface area contributed by atoms with Gasteiger partial charge in [0.1, 0.15) is 17.0 Å². The molecule has 0 aliphatic carbocycles. The third-order valence-corrected chi connectivity index (χ3v) is 5.62. The van der Waals surface area contributed by atoms with Gasteiger partial charge < -0.3 is 24.5 Å². The summed E-state index contributed by atoms with van der Waals surface area (Å²) >= 11 is 0. The van der Waals surface area contributed by atoms with Crippen LogP contribution in [0.2, 0.25) is 0 Å². The van der Waals surface area contributed by atoms with Gasteiger partial charge in [0.25, 0.3) is 0 Å². The molecule has 0 radical (unpaired) electrons. The normalized spacial score (nSPS) is 17.6. The summed E-state index contributed by atoms with van der Waals surface area (Å²) in [5.74, 6) is -1.58. The highest BCUT2D eigenvalue weighted by molar-refractivity contribution is 6.64. The molecule has 0 unspecified atom stereocenters. The fraction of sp³-hybridized carbons (Fsp3) is 0.583. The zero-order valence-corrected chi connectivity index (χ0v) is 21.7. The van der Waals surface area contributed by atoms with Crippen LogP contribution in [-0.4, -0.2) is 51.4 Å². The minimum absolute atomic E-state index is 0.0508. The Kier molecular flexibility index (Phi) is 6.25. The first-order valence-corrected chi connectivity index (χ1v) is 11.2. The van der Waals surface area contributed by atoms with Crippen molar-refractivity contribution in [1.82, 2.24) is 9.97 Å². The number of carbonyl (C=O) groups excluding carboxylic acids is 2. The first kappa shape index (κ1) is 25.9. The average molecular weight is 471 g/mol. The molecular weight excluding hydrogens is 437 g/mol. The van der Waals surface area contributed by atoms with E-state index in [1.165, 1.54) is 0 Å². The van der Waals surface area contributed by atoms with Gasteiger partial charge in [0.15, 0.2) is 0 Å². The molecule has 2 heterocycles. The van der Waals surface area contributed by atoms with E-state index in [9.17, 15) is 9.59 Å². The van der Waals surface area contributed by atoms with Crippen molar-refractivity contribution in [1.29, 1.82) is 0 Å². The van der Waals surface area contributed by atoms with E-state index in [2.05, 4.69) is 9.97 Å². The summed E-state index contributed by atoms with van der Waals surface area (Å²) in [6.07, 6.45) is 0. The molecule has 2 aromatic rings. The van der Waals surface area contributed by atoms with Crippen LogP contribution in [0.1, 0.15) is 90.2 Å². The maximum absolute atomic E-state index is 13.4. The molecule has 0 saturated carbocycles. The number of nitrogens with two attached hydrogens (primary N) is 1. The van der Waals surface area contributed by atoms with Gasteiger partial charge in [0, 0.05) is 0 Å². The van der Waals surface area contributed by atoms with E-state index in [-0.39, 0.29) is 22.6 Å². The fourth-order valence-corrected chi connectivity index (χ4v) is 3.40. The van der Waals surface area contributed by atoms with Crippen molar-refractivity contribution in [3.05, 3.63) is 23.5 Å². The molecule has 1 aromatic heterocycles. The Morgan fingerprint density at radius 2 is 1.38 bits per heavy atom. The first-order valence-electron chi connectivity index (χ1n) is 11.2. The van der Waals surface area contributed by atoms with Crippen molar-refractivity contribution < 1.29 is 28.4 Å². The zero-order chi connectivity index (χ0) is 25.9. The topological polar surface area (TPSA) is 123 Å². The number of ether oxygens (including phenoxy) is 2. The van der Waals surface area contributed by atoms with Gasteiger partial charge in [0.2, 0.25) is 5.82 Å². The van der Waals surface area contributed by atoms with Gasteiger partial charge in [-0.1, -0.05) is 6.07 Å². The Bertz CT molecular complexity index is 1130. The highest BCUT2D eigenvalue weighted by atomic mass is 16.7. The van der Waals surface area contributed by atoms with Crippen LogP contribution in [-0.2, 0) is 18.8 Å². The molecule has 0 bridgehead atoms. The molecule has 0 amide bonds. The van der Waals surface area contributed by atoms with E-state index in [0.29, 0.717) is 11.0 Å². The molecule has 1 aliphatic heterocycles. The number of esters is 2. The lowest BCUT2D eigenvalue weighted by molar-refractivity contribution is 0.00510. The smallest absolute Gasteiger partial charge is 0.456 e. The van der Waals surface area contributed by atoms with Gasteiger partial charge in [-0.3, -0.25) is 0 Å². The lowest BCUT2D eigenvalue weighted by Gasteiger charge is -2.32. The maximum atomic E-state index is 13.4. The van der Waals surface area contributed by atoms with Crippen molar-refractivity contribution in [2.24, 2.45) is 0 Å². The lowest BCUT2D eigenvalue weighted by Crippen LogP contribution is -2.41. The molecule has 10 heteroatoms. The number of aromatic nitrogens is 2. The Labute approximate surface area is 200 Å². The van der Waals surface area contributed by atoms with Crippen LogP contribution in [0.15, 0.2) is 12.1 Å². The minimum Gasteiger partial charge on any atom is -0.456 e. The first-order chi connectivity index (χ1) is 15.3. The highest BCUT2D eigenvalue weighted by Crippen LogP contribution is 2.37. The Morgan fingerprint density at radius 3 is 1.88 bits per heavy atom. The second-order valence-electron chi connectivity index (χ2n) is 11.4. The SMILES string of the molecule is CC(C)(C)OC(=O)c1nc(N)c2c(C(=O)OC(C)(C)C)c(B3OC(C)(C)C(C)(C)O3)ccc2n1. The number of anilines is 1. The third kappa shape index (κ3) is 5.18. The molecule has 1 aromatic carbocycles. The summed E-state index contributed by atoms with van der Waals surface area (Å²) < 4.78 is 23.4. The number of carbonyl (C=O) groups is 2. The van der Waals surface area contributed by atoms with E-state index in [0.717, 1.165) is 0 Å². The summed E-state index contributed by atoms with van der Waals surface area (Å²) in [6, 6.07) is 3.32. The van der Waals surface area contributed by atoms with Crippen molar-refractivity contribution in [2.75, 3.05) is 5.73 Å². The Morgan fingerprint density at radius 1 is 0.882 bits per heavy atom. The molecule has 1 saturated heterocycles. The standard InChI is InChI=1S/C24H34BN3O6/c1-21(2,3)31-19(29)15-13(25-33-23(7,8)24(9,10)34-25)11-12-14-16(15)17(26)28-18(27-14)20(30)32-22(4,5)6/h11-12H,1-10H3,(H2,26,27,28). The van der Waals surface area contributed by atoms with Crippen molar-refractivity contribution in [2.45, 2.75) is 91.6 Å². The van der Waals surface area contributed by atoms with Crippen molar-refractivity contribution >= 4 is 41.2 Å². The van der Waals surface area contributed by atoms with Gasteiger partial charge in [-0.2, -0.15) is 0 Å². The van der Waals surface area contributed by atoms with Crippen LogP contribution >= 0.6 is 0 Å².